The summed E-state index contributed by atoms with van der Waals surface area (Å²) in [5.41, 5.74) is -0.356. The van der Waals surface area contributed by atoms with Crippen LogP contribution < -0.4 is 0 Å². The highest BCUT2D eigenvalue weighted by atomic mass is 16.5. The Morgan fingerprint density at radius 1 is 1.56 bits per heavy atom. The molecule has 0 saturated heterocycles. The van der Waals surface area contributed by atoms with Gasteiger partial charge >= 0.3 is 5.97 Å². The molecule has 1 N–H and O–H groups in total. The molecule has 0 aromatic rings. The van der Waals surface area contributed by atoms with E-state index in [2.05, 4.69) is 6.92 Å². The number of rotatable bonds is 7. The number of hydrogen-bond donors (Lipinski definition) is 1. The van der Waals surface area contributed by atoms with Crippen LogP contribution in [0.1, 0.15) is 39.5 Å². The SMILES string of the molecule is CCCCC(CC)COC(=O)C(C#N)=CO. The average Bonchev–Trinajstić information content (AvgIpc) is 2.31. The van der Waals surface area contributed by atoms with Gasteiger partial charge in [0.05, 0.1) is 6.61 Å². The summed E-state index contributed by atoms with van der Waals surface area (Å²) in [6.45, 7) is 4.47. The van der Waals surface area contributed by atoms with Gasteiger partial charge in [-0.15, -0.1) is 0 Å². The average molecular weight is 225 g/mol. The largest absolute Gasteiger partial charge is 0.514 e. The van der Waals surface area contributed by atoms with Gasteiger partial charge in [-0.1, -0.05) is 33.1 Å². The molecule has 16 heavy (non-hydrogen) atoms. The fourth-order valence-electron chi connectivity index (χ4n) is 1.30. The molecule has 0 heterocycles. The minimum Gasteiger partial charge on any atom is -0.514 e. The highest BCUT2D eigenvalue weighted by molar-refractivity contribution is 5.92. The first-order valence-electron chi connectivity index (χ1n) is 5.61. The van der Waals surface area contributed by atoms with Crippen molar-refractivity contribution < 1.29 is 14.6 Å². The van der Waals surface area contributed by atoms with Crippen LogP contribution in [0.15, 0.2) is 11.8 Å². The van der Waals surface area contributed by atoms with Crippen molar-refractivity contribution in [1.29, 1.82) is 5.26 Å². The number of hydrogen-bond acceptors (Lipinski definition) is 4. The van der Waals surface area contributed by atoms with E-state index in [1.54, 1.807) is 6.07 Å². The van der Waals surface area contributed by atoms with Gasteiger partial charge in [0.2, 0.25) is 0 Å². The zero-order valence-electron chi connectivity index (χ0n) is 9.90. The van der Waals surface area contributed by atoms with Crippen molar-refractivity contribution in [2.75, 3.05) is 6.61 Å². The molecule has 0 saturated carbocycles. The first-order chi connectivity index (χ1) is 7.69. The lowest BCUT2D eigenvalue weighted by Gasteiger charge is -2.13. The van der Waals surface area contributed by atoms with Crippen LogP contribution in [0.3, 0.4) is 0 Å². The Bertz CT molecular complexity index is 278. The van der Waals surface area contributed by atoms with Gasteiger partial charge < -0.3 is 9.84 Å². The molecule has 0 spiro atoms. The van der Waals surface area contributed by atoms with Crippen LogP contribution in [0.25, 0.3) is 0 Å². The third-order valence-electron chi connectivity index (χ3n) is 2.46. The summed E-state index contributed by atoms with van der Waals surface area (Å²) in [5.74, 6) is -0.414. The smallest absolute Gasteiger partial charge is 0.352 e. The number of aliphatic hydroxyl groups excluding tert-OH is 1. The van der Waals surface area contributed by atoms with Crippen LogP contribution in [0, 0.1) is 17.2 Å². The Morgan fingerprint density at radius 2 is 2.25 bits per heavy atom. The van der Waals surface area contributed by atoms with E-state index in [0.717, 1.165) is 25.7 Å². The second-order valence-electron chi connectivity index (χ2n) is 3.67. The van der Waals surface area contributed by atoms with Crippen molar-refractivity contribution in [2.45, 2.75) is 39.5 Å². The Labute approximate surface area is 96.5 Å². The van der Waals surface area contributed by atoms with Crippen LogP contribution in [0.5, 0.6) is 0 Å². The summed E-state index contributed by atoms with van der Waals surface area (Å²) in [5, 5.41) is 17.1. The van der Waals surface area contributed by atoms with Crippen molar-refractivity contribution in [2.24, 2.45) is 5.92 Å². The quantitative estimate of drug-likeness (QED) is 0.313. The maximum Gasteiger partial charge on any atom is 0.352 e. The molecule has 0 aromatic heterocycles. The second-order valence-corrected chi connectivity index (χ2v) is 3.67. The topological polar surface area (TPSA) is 70.3 Å². The fourth-order valence-corrected chi connectivity index (χ4v) is 1.30. The molecule has 0 amide bonds. The monoisotopic (exact) mass is 225 g/mol. The molecule has 0 aliphatic heterocycles. The molecule has 1 unspecified atom stereocenters. The van der Waals surface area contributed by atoms with Crippen LogP contribution in [0.4, 0.5) is 0 Å². The first kappa shape index (κ1) is 14.5. The summed E-state index contributed by atoms with van der Waals surface area (Å²) >= 11 is 0. The zero-order chi connectivity index (χ0) is 12.4. The van der Waals surface area contributed by atoms with Crippen molar-refractivity contribution in [3.63, 3.8) is 0 Å². The van der Waals surface area contributed by atoms with Crippen molar-refractivity contribution >= 4 is 5.97 Å². The number of ether oxygens (including phenoxy) is 1. The maximum absolute atomic E-state index is 11.2. The molecule has 0 aliphatic rings. The third kappa shape index (κ3) is 5.40. The highest BCUT2D eigenvalue weighted by Gasteiger charge is 2.13. The minimum atomic E-state index is -0.750. The van der Waals surface area contributed by atoms with E-state index in [-0.39, 0.29) is 5.57 Å². The van der Waals surface area contributed by atoms with Crippen molar-refractivity contribution in [3.05, 3.63) is 11.8 Å². The highest BCUT2D eigenvalue weighted by Crippen LogP contribution is 2.13. The van der Waals surface area contributed by atoms with E-state index in [1.165, 1.54) is 0 Å². The van der Waals surface area contributed by atoms with Crippen LogP contribution >= 0.6 is 0 Å². The number of aliphatic hydroxyl groups is 1. The van der Waals surface area contributed by atoms with Gasteiger partial charge in [0.25, 0.3) is 0 Å². The number of nitrogens with zero attached hydrogens (tertiary/aromatic N) is 1. The summed E-state index contributed by atoms with van der Waals surface area (Å²) in [4.78, 5) is 11.2. The summed E-state index contributed by atoms with van der Waals surface area (Å²) in [7, 11) is 0. The van der Waals surface area contributed by atoms with Gasteiger partial charge in [0, 0.05) is 0 Å². The van der Waals surface area contributed by atoms with E-state index < -0.39 is 5.97 Å². The van der Waals surface area contributed by atoms with Gasteiger partial charge in [-0.25, -0.2) is 4.79 Å². The normalized spacial score (nSPS) is 12.9. The van der Waals surface area contributed by atoms with Gasteiger partial charge in [-0.2, -0.15) is 5.26 Å². The van der Waals surface area contributed by atoms with E-state index >= 15 is 0 Å². The predicted octanol–water partition coefficient (Wildman–Crippen LogP) is 2.71. The van der Waals surface area contributed by atoms with E-state index in [9.17, 15) is 4.79 Å². The Morgan fingerprint density at radius 3 is 2.69 bits per heavy atom. The molecule has 90 valence electrons. The van der Waals surface area contributed by atoms with Crippen LogP contribution in [-0.2, 0) is 9.53 Å². The molecular formula is C12H19NO3. The van der Waals surface area contributed by atoms with E-state index in [4.69, 9.17) is 15.1 Å². The Balaban J connectivity index is 4.02. The summed E-state index contributed by atoms with van der Waals surface area (Å²) in [6.07, 6.45) is 4.67. The number of nitriles is 1. The first-order valence-corrected chi connectivity index (χ1v) is 5.61. The standard InChI is InChI=1S/C12H19NO3/c1-3-5-6-10(4-2)9-16-12(15)11(7-13)8-14/h8,10,14H,3-6,9H2,1-2H3. The molecule has 4 heteroatoms. The molecular weight excluding hydrogens is 206 g/mol. The zero-order valence-corrected chi connectivity index (χ0v) is 9.90. The molecule has 0 fully saturated rings. The lowest BCUT2D eigenvalue weighted by atomic mass is 10.0. The second kappa shape index (κ2) is 8.78. The molecule has 0 radical (unpaired) electrons. The fraction of sp³-hybridized carbons (Fsp3) is 0.667. The number of carbonyl (C=O) groups is 1. The summed E-state index contributed by atoms with van der Waals surface area (Å²) < 4.78 is 4.95. The van der Waals surface area contributed by atoms with Crippen LogP contribution in [0.2, 0.25) is 0 Å². The van der Waals surface area contributed by atoms with E-state index in [0.29, 0.717) is 18.8 Å². The molecule has 0 aromatic carbocycles. The lowest BCUT2D eigenvalue weighted by Crippen LogP contribution is -2.15. The van der Waals surface area contributed by atoms with Gasteiger partial charge in [-0.3, -0.25) is 0 Å². The van der Waals surface area contributed by atoms with E-state index in [1.807, 2.05) is 6.92 Å². The van der Waals surface area contributed by atoms with Crippen molar-refractivity contribution in [1.82, 2.24) is 0 Å². The molecule has 4 nitrogen and oxygen atoms in total. The third-order valence-corrected chi connectivity index (χ3v) is 2.46. The van der Waals surface area contributed by atoms with Crippen molar-refractivity contribution in [3.8, 4) is 6.07 Å². The van der Waals surface area contributed by atoms with Crippen LogP contribution in [-0.4, -0.2) is 17.7 Å². The lowest BCUT2D eigenvalue weighted by molar-refractivity contribution is -0.140. The predicted molar refractivity (Wildman–Crippen MR) is 60.6 cm³/mol. The summed E-state index contributed by atoms with van der Waals surface area (Å²) in [6, 6.07) is 1.57. The molecule has 0 aliphatic carbocycles. The van der Waals surface area contributed by atoms with Gasteiger partial charge in [0.1, 0.15) is 12.3 Å². The Hall–Kier alpha value is -1.50. The van der Waals surface area contributed by atoms with Gasteiger partial charge in [-0.05, 0) is 12.3 Å². The number of unbranched alkanes of at least 4 members (excludes halogenated alkanes) is 1. The minimum absolute atomic E-state index is 0.314. The van der Waals surface area contributed by atoms with Gasteiger partial charge in [0.15, 0.2) is 5.57 Å². The molecule has 0 bridgehead atoms. The molecule has 0 rings (SSSR count). The Kier molecular flexibility index (Phi) is 7.96. The maximum atomic E-state index is 11.2. The number of carbonyl (C=O) groups excluding carboxylic acids is 1. The number of esters is 1. The molecule has 1 atom stereocenters.